The standard InChI is InChI=1S/C9H15NO3/c1-3-4-8(5-6-11)7(2)9(12)13-10/h3,11H,1,4-6,10H2,2H3. The van der Waals surface area contributed by atoms with Crippen LogP contribution in [0.1, 0.15) is 19.8 Å². The molecule has 0 heterocycles. The number of rotatable bonds is 5. The van der Waals surface area contributed by atoms with Crippen LogP contribution in [0.3, 0.4) is 0 Å². The molecule has 0 saturated carbocycles. The molecule has 0 amide bonds. The summed E-state index contributed by atoms with van der Waals surface area (Å²) in [5.41, 5.74) is 1.24. The maximum Gasteiger partial charge on any atom is 0.352 e. The molecule has 0 aliphatic rings. The van der Waals surface area contributed by atoms with Gasteiger partial charge in [0.15, 0.2) is 0 Å². The van der Waals surface area contributed by atoms with Gasteiger partial charge < -0.3 is 9.94 Å². The molecule has 0 radical (unpaired) electrons. The van der Waals surface area contributed by atoms with Gasteiger partial charge in [-0.1, -0.05) is 11.6 Å². The SMILES string of the molecule is C=CCC(CCO)=C(C)C(=O)ON. The van der Waals surface area contributed by atoms with Crippen LogP contribution in [0.15, 0.2) is 23.8 Å². The van der Waals surface area contributed by atoms with Crippen LogP contribution in [0, 0.1) is 0 Å². The summed E-state index contributed by atoms with van der Waals surface area (Å²) in [5.74, 6) is 4.17. The van der Waals surface area contributed by atoms with Crippen molar-refractivity contribution in [3.63, 3.8) is 0 Å². The van der Waals surface area contributed by atoms with E-state index in [4.69, 9.17) is 11.0 Å². The third-order valence-corrected chi connectivity index (χ3v) is 1.75. The molecule has 0 aliphatic heterocycles. The highest BCUT2D eigenvalue weighted by Gasteiger charge is 2.09. The van der Waals surface area contributed by atoms with Crippen LogP contribution in [0.4, 0.5) is 0 Å². The fourth-order valence-electron chi connectivity index (χ4n) is 0.985. The lowest BCUT2D eigenvalue weighted by molar-refractivity contribution is -0.139. The van der Waals surface area contributed by atoms with Crippen LogP contribution in [0.25, 0.3) is 0 Å². The molecule has 4 heteroatoms. The summed E-state index contributed by atoms with van der Waals surface area (Å²) < 4.78 is 0. The Morgan fingerprint density at radius 2 is 2.31 bits per heavy atom. The average Bonchev–Trinajstić information content (AvgIpc) is 2.15. The molecular formula is C9H15NO3. The van der Waals surface area contributed by atoms with Crippen molar-refractivity contribution in [1.82, 2.24) is 0 Å². The smallest absolute Gasteiger partial charge is 0.352 e. The van der Waals surface area contributed by atoms with Crippen LogP contribution in [0.5, 0.6) is 0 Å². The second-order valence-corrected chi connectivity index (χ2v) is 2.60. The predicted octanol–water partition coefficient (Wildman–Crippen LogP) is 0.678. The van der Waals surface area contributed by atoms with Gasteiger partial charge in [0.1, 0.15) is 0 Å². The van der Waals surface area contributed by atoms with Crippen molar-refractivity contribution in [1.29, 1.82) is 0 Å². The summed E-state index contributed by atoms with van der Waals surface area (Å²) in [4.78, 5) is 15.1. The van der Waals surface area contributed by atoms with E-state index < -0.39 is 5.97 Å². The van der Waals surface area contributed by atoms with Gasteiger partial charge in [-0.25, -0.2) is 4.79 Å². The van der Waals surface area contributed by atoms with Crippen molar-refractivity contribution in [3.8, 4) is 0 Å². The fourth-order valence-corrected chi connectivity index (χ4v) is 0.985. The Balaban J connectivity index is 4.61. The molecule has 0 bridgehead atoms. The van der Waals surface area contributed by atoms with Gasteiger partial charge in [-0.15, -0.1) is 6.58 Å². The predicted molar refractivity (Wildman–Crippen MR) is 49.5 cm³/mol. The van der Waals surface area contributed by atoms with Gasteiger partial charge in [-0.2, -0.15) is 5.90 Å². The summed E-state index contributed by atoms with van der Waals surface area (Å²) >= 11 is 0. The number of nitrogens with two attached hydrogens (primary N) is 1. The van der Waals surface area contributed by atoms with Crippen LogP contribution < -0.4 is 5.90 Å². The first-order chi connectivity index (χ1) is 6.17. The van der Waals surface area contributed by atoms with Crippen molar-refractivity contribution in [2.75, 3.05) is 6.61 Å². The minimum absolute atomic E-state index is 0.00162. The number of allylic oxidation sites excluding steroid dienone is 1. The van der Waals surface area contributed by atoms with Gasteiger partial charge in [0, 0.05) is 12.2 Å². The molecule has 74 valence electrons. The van der Waals surface area contributed by atoms with Crippen molar-refractivity contribution in [2.24, 2.45) is 5.90 Å². The maximum absolute atomic E-state index is 11.0. The van der Waals surface area contributed by atoms with Crippen molar-refractivity contribution < 1.29 is 14.7 Å². The second-order valence-electron chi connectivity index (χ2n) is 2.60. The van der Waals surface area contributed by atoms with Gasteiger partial charge in [-0.3, -0.25) is 0 Å². The first-order valence-corrected chi connectivity index (χ1v) is 3.98. The Hall–Kier alpha value is -1.13. The lowest BCUT2D eigenvalue weighted by atomic mass is 10.0. The third-order valence-electron chi connectivity index (χ3n) is 1.75. The number of carbonyl (C=O) groups is 1. The molecule has 4 nitrogen and oxygen atoms in total. The number of aliphatic hydroxyl groups excluding tert-OH is 1. The van der Waals surface area contributed by atoms with E-state index in [2.05, 4.69) is 11.4 Å². The maximum atomic E-state index is 11.0. The minimum atomic E-state index is -0.565. The van der Waals surface area contributed by atoms with E-state index >= 15 is 0 Å². The largest absolute Gasteiger partial charge is 0.396 e. The van der Waals surface area contributed by atoms with Crippen molar-refractivity contribution in [3.05, 3.63) is 23.8 Å². The highest BCUT2D eigenvalue weighted by molar-refractivity contribution is 5.88. The molecule has 0 fully saturated rings. The Labute approximate surface area is 77.6 Å². The van der Waals surface area contributed by atoms with Crippen LogP contribution in [-0.4, -0.2) is 17.7 Å². The van der Waals surface area contributed by atoms with Crippen LogP contribution in [-0.2, 0) is 9.63 Å². The first kappa shape index (κ1) is 11.9. The third kappa shape index (κ3) is 3.87. The number of carbonyl (C=O) groups excluding carboxylic acids is 1. The van der Waals surface area contributed by atoms with Gasteiger partial charge in [0.05, 0.1) is 0 Å². The summed E-state index contributed by atoms with van der Waals surface area (Å²) in [6.07, 6.45) is 2.66. The lowest BCUT2D eigenvalue weighted by Crippen LogP contribution is -2.12. The summed E-state index contributed by atoms with van der Waals surface area (Å²) in [6.45, 7) is 5.16. The van der Waals surface area contributed by atoms with E-state index in [9.17, 15) is 4.79 Å². The molecule has 0 atom stereocenters. The Kier molecular flexibility index (Phi) is 5.84. The van der Waals surface area contributed by atoms with Crippen molar-refractivity contribution >= 4 is 5.97 Å². The van der Waals surface area contributed by atoms with Gasteiger partial charge in [0.25, 0.3) is 0 Å². The summed E-state index contributed by atoms with van der Waals surface area (Å²) in [5, 5.41) is 8.71. The fraction of sp³-hybridized carbons (Fsp3) is 0.444. The van der Waals surface area contributed by atoms with E-state index in [1.54, 1.807) is 13.0 Å². The number of hydrogen-bond acceptors (Lipinski definition) is 4. The zero-order chi connectivity index (χ0) is 10.3. The van der Waals surface area contributed by atoms with E-state index in [1.807, 2.05) is 0 Å². The molecule has 0 aromatic carbocycles. The summed E-state index contributed by atoms with van der Waals surface area (Å²) in [6, 6.07) is 0. The molecule has 0 rings (SSSR count). The Bertz CT molecular complexity index is 221. The van der Waals surface area contributed by atoms with E-state index in [0.29, 0.717) is 18.4 Å². The van der Waals surface area contributed by atoms with Crippen LogP contribution in [0.2, 0.25) is 0 Å². The normalized spacial score (nSPS) is 11.9. The molecule has 0 aromatic heterocycles. The Morgan fingerprint density at radius 1 is 1.69 bits per heavy atom. The second kappa shape index (κ2) is 6.39. The first-order valence-electron chi connectivity index (χ1n) is 3.98. The number of aliphatic hydroxyl groups is 1. The van der Waals surface area contributed by atoms with E-state index in [-0.39, 0.29) is 6.61 Å². The molecule has 0 aromatic rings. The van der Waals surface area contributed by atoms with E-state index in [0.717, 1.165) is 5.57 Å². The summed E-state index contributed by atoms with van der Waals surface area (Å²) in [7, 11) is 0. The molecule has 0 unspecified atom stereocenters. The number of hydrogen-bond donors (Lipinski definition) is 2. The zero-order valence-electron chi connectivity index (χ0n) is 7.75. The topological polar surface area (TPSA) is 72.5 Å². The molecule has 13 heavy (non-hydrogen) atoms. The van der Waals surface area contributed by atoms with Crippen molar-refractivity contribution in [2.45, 2.75) is 19.8 Å². The monoisotopic (exact) mass is 185 g/mol. The molecule has 0 aliphatic carbocycles. The van der Waals surface area contributed by atoms with Crippen LogP contribution >= 0.6 is 0 Å². The molecule has 3 N–H and O–H groups in total. The van der Waals surface area contributed by atoms with Gasteiger partial charge in [-0.05, 0) is 19.8 Å². The molecule has 0 saturated heterocycles. The molecular weight excluding hydrogens is 170 g/mol. The quantitative estimate of drug-likeness (QED) is 0.375. The molecule has 0 spiro atoms. The average molecular weight is 185 g/mol. The highest BCUT2D eigenvalue weighted by atomic mass is 16.7. The highest BCUT2D eigenvalue weighted by Crippen LogP contribution is 2.13. The minimum Gasteiger partial charge on any atom is -0.396 e. The van der Waals surface area contributed by atoms with E-state index in [1.165, 1.54) is 0 Å². The lowest BCUT2D eigenvalue weighted by Gasteiger charge is -2.06. The van der Waals surface area contributed by atoms with Gasteiger partial charge in [0.2, 0.25) is 0 Å². The van der Waals surface area contributed by atoms with Gasteiger partial charge >= 0.3 is 5.97 Å². The Morgan fingerprint density at radius 3 is 2.69 bits per heavy atom. The zero-order valence-corrected chi connectivity index (χ0v) is 7.75.